The molecule has 0 radical (unpaired) electrons. The van der Waals surface area contributed by atoms with Crippen molar-refractivity contribution in [2.75, 3.05) is 31.3 Å². The predicted molar refractivity (Wildman–Crippen MR) is 55.9 cm³/mol. The Kier molecular flexibility index (Phi) is 3.92. The molecule has 1 atom stereocenters. The summed E-state index contributed by atoms with van der Waals surface area (Å²) in [5, 5.41) is 0. The fourth-order valence-electron chi connectivity index (χ4n) is 1.63. The van der Waals surface area contributed by atoms with Crippen LogP contribution in [0, 0.1) is 5.41 Å². The van der Waals surface area contributed by atoms with Crippen LogP contribution in [-0.4, -0.2) is 39.7 Å². The van der Waals surface area contributed by atoms with E-state index in [2.05, 4.69) is 0 Å². The lowest BCUT2D eigenvalue weighted by molar-refractivity contribution is 0.153. The highest BCUT2D eigenvalue weighted by Crippen LogP contribution is 2.31. The smallest absolute Gasteiger partial charge is 0.150 e. The Morgan fingerprint density at radius 3 is 2.64 bits per heavy atom. The van der Waals surface area contributed by atoms with Crippen molar-refractivity contribution in [2.24, 2.45) is 11.1 Å². The molecule has 5 heteroatoms. The van der Waals surface area contributed by atoms with E-state index in [1.807, 2.05) is 0 Å². The molecule has 14 heavy (non-hydrogen) atoms. The van der Waals surface area contributed by atoms with E-state index in [0.717, 1.165) is 6.42 Å². The van der Waals surface area contributed by atoms with Gasteiger partial charge in [0.05, 0.1) is 12.4 Å². The number of hydrogen-bond donors (Lipinski definition) is 1. The van der Waals surface area contributed by atoms with Crippen LogP contribution in [0.1, 0.15) is 19.8 Å². The molecule has 1 fully saturated rings. The maximum atomic E-state index is 11.3. The summed E-state index contributed by atoms with van der Waals surface area (Å²) in [7, 11) is -2.87. The second-order valence-corrected chi connectivity index (χ2v) is 6.47. The zero-order chi connectivity index (χ0) is 10.7. The van der Waals surface area contributed by atoms with E-state index in [0.29, 0.717) is 26.2 Å². The summed E-state index contributed by atoms with van der Waals surface area (Å²) in [6.07, 6.45) is 1.53. The summed E-state index contributed by atoms with van der Waals surface area (Å²) >= 11 is 0. The summed E-state index contributed by atoms with van der Waals surface area (Å²) in [5.41, 5.74) is 5.58. The van der Waals surface area contributed by atoms with Crippen molar-refractivity contribution in [2.45, 2.75) is 19.8 Å². The molecule has 1 heterocycles. The van der Waals surface area contributed by atoms with Gasteiger partial charge >= 0.3 is 0 Å². The third-order valence-corrected chi connectivity index (χ3v) is 4.71. The van der Waals surface area contributed by atoms with Gasteiger partial charge in [-0.2, -0.15) is 0 Å². The van der Waals surface area contributed by atoms with Gasteiger partial charge in [-0.05, 0) is 12.8 Å². The Labute approximate surface area is 85.7 Å². The van der Waals surface area contributed by atoms with Gasteiger partial charge in [-0.1, -0.05) is 6.92 Å². The Hall–Kier alpha value is -0.130. The average Bonchev–Trinajstić information content (AvgIpc) is 2.65. The molecule has 4 nitrogen and oxygen atoms in total. The van der Waals surface area contributed by atoms with Crippen molar-refractivity contribution in [3.05, 3.63) is 0 Å². The Bertz CT molecular complexity index is 268. The highest BCUT2D eigenvalue weighted by molar-refractivity contribution is 7.91. The molecule has 1 aliphatic rings. The van der Waals surface area contributed by atoms with Crippen molar-refractivity contribution in [3.8, 4) is 0 Å². The SMILES string of the molecule is CCS(=O)(=O)CCC1(CN)CCOC1. The molecular formula is C9H19NO3S. The molecule has 1 aliphatic heterocycles. The lowest BCUT2D eigenvalue weighted by Gasteiger charge is -2.24. The average molecular weight is 221 g/mol. The lowest BCUT2D eigenvalue weighted by Crippen LogP contribution is -2.33. The molecule has 0 bridgehead atoms. The zero-order valence-corrected chi connectivity index (χ0v) is 9.48. The van der Waals surface area contributed by atoms with Crippen LogP contribution >= 0.6 is 0 Å². The summed E-state index contributed by atoms with van der Waals surface area (Å²) in [4.78, 5) is 0. The first-order valence-electron chi connectivity index (χ1n) is 5.02. The first kappa shape index (κ1) is 11.9. The van der Waals surface area contributed by atoms with E-state index in [4.69, 9.17) is 10.5 Å². The van der Waals surface area contributed by atoms with Crippen LogP contribution in [0.5, 0.6) is 0 Å². The fourth-order valence-corrected chi connectivity index (χ4v) is 2.66. The second kappa shape index (κ2) is 4.59. The Balaban J connectivity index is 2.50. The third kappa shape index (κ3) is 2.93. The zero-order valence-electron chi connectivity index (χ0n) is 8.66. The quantitative estimate of drug-likeness (QED) is 0.719. The van der Waals surface area contributed by atoms with E-state index in [9.17, 15) is 8.42 Å². The maximum absolute atomic E-state index is 11.3. The third-order valence-electron chi connectivity index (χ3n) is 3.00. The number of nitrogens with two attached hydrogens (primary N) is 1. The van der Waals surface area contributed by atoms with E-state index >= 15 is 0 Å². The Morgan fingerprint density at radius 1 is 1.50 bits per heavy atom. The molecular weight excluding hydrogens is 202 g/mol. The molecule has 0 saturated carbocycles. The van der Waals surface area contributed by atoms with Gasteiger partial charge in [0, 0.05) is 24.3 Å². The predicted octanol–water partition coefficient (Wildman–Crippen LogP) is 0.177. The number of rotatable bonds is 5. The van der Waals surface area contributed by atoms with Gasteiger partial charge in [-0.25, -0.2) is 8.42 Å². The molecule has 1 saturated heterocycles. The van der Waals surface area contributed by atoms with Crippen molar-refractivity contribution in [1.82, 2.24) is 0 Å². The number of hydrogen-bond acceptors (Lipinski definition) is 4. The lowest BCUT2D eigenvalue weighted by atomic mass is 9.85. The number of ether oxygens (including phenoxy) is 1. The van der Waals surface area contributed by atoms with Gasteiger partial charge < -0.3 is 10.5 Å². The molecule has 0 aromatic carbocycles. The minimum absolute atomic E-state index is 0.0811. The van der Waals surface area contributed by atoms with Crippen molar-refractivity contribution >= 4 is 9.84 Å². The highest BCUT2D eigenvalue weighted by Gasteiger charge is 2.34. The van der Waals surface area contributed by atoms with Crippen LogP contribution in [-0.2, 0) is 14.6 Å². The van der Waals surface area contributed by atoms with Crippen LogP contribution in [0.3, 0.4) is 0 Å². The van der Waals surface area contributed by atoms with Crippen molar-refractivity contribution in [3.63, 3.8) is 0 Å². The summed E-state index contributed by atoms with van der Waals surface area (Å²) in [6, 6.07) is 0. The largest absolute Gasteiger partial charge is 0.381 e. The van der Waals surface area contributed by atoms with Gasteiger partial charge in [0.1, 0.15) is 9.84 Å². The van der Waals surface area contributed by atoms with Gasteiger partial charge in [0.15, 0.2) is 0 Å². The summed E-state index contributed by atoms with van der Waals surface area (Å²) < 4.78 is 27.9. The van der Waals surface area contributed by atoms with Gasteiger partial charge in [0.2, 0.25) is 0 Å². The monoisotopic (exact) mass is 221 g/mol. The highest BCUT2D eigenvalue weighted by atomic mass is 32.2. The summed E-state index contributed by atoms with van der Waals surface area (Å²) in [5.74, 6) is 0.457. The molecule has 1 rings (SSSR count). The molecule has 84 valence electrons. The molecule has 0 aromatic heterocycles. The standard InChI is InChI=1S/C9H19NO3S/c1-2-14(11,12)6-4-9(7-10)3-5-13-8-9/h2-8,10H2,1H3. The van der Waals surface area contributed by atoms with Crippen molar-refractivity contribution in [1.29, 1.82) is 0 Å². The van der Waals surface area contributed by atoms with E-state index in [1.54, 1.807) is 6.92 Å². The van der Waals surface area contributed by atoms with E-state index in [-0.39, 0.29) is 16.9 Å². The molecule has 0 spiro atoms. The first-order chi connectivity index (χ1) is 6.54. The van der Waals surface area contributed by atoms with Crippen molar-refractivity contribution < 1.29 is 13.2 Å². The number of sulfone groups is 1. The maximum Gasteiger partial charge on any atom is 0.150 e. The second-order valence-electron chi connectivity index (χ2n) is 3.99. The van der Waals surface area contributed by atoms with Gasteiger partial charge in [0.25, 0.3) is 0 Å². The van der Waals surface area contributed by atoms with E-state index < -0.39 is 9.84 Å². The normalized spacial score (nSPS) is 28.1. The first-order valence-corrected chi connectivity index (χ1v) is 6.84. The van der Waals surface area contributed by atoms with Gasteiger partial charge in [-0.15, -0.1) is 0 Å². The Morgan fingerprint density at radius 2 is 2.21 bits per heavy atom. The van der Waals surface area contributed by atoms with Crippen LogP contribution in [0.15, 0.2) is 0 Å². The van der Waals surface area contributed by atoms with Gasteiger partial charge in [-0.3, -0.25) is 0 Å². The molecule has 1 unspecified atom stereocenters. The molecule has 0 aromatic rings. The minimum atomic E-state index is -2.87. The summed E-state index contributed by atoms with van der Waals surface area (Å²) in [6.45, 7) is 3.52. The van der Waals surface area contributed by atoms with Crippen LogP contribution in [0.25, 0.3) is 0 Å². The molecule has 2 N–H and O–H groups in total. The molecule has 0 amide bonds. The minimum Gasteiger partial charge on any atom is -0.381 e. The van der Waals surface area contributed by atoms with E-state index in [1.165, 1.54) is 0 Å². The topological polar surface area (TPSA) is 69.4 Å². The fraction of sp³-hybridized carbons (Fsp3) is 1.00. The van der Waals surface area contributed by atoms with Crippen LogP contribution < -0.4 is 5.73 Å². The molecule has 0 aliphatic carbocycles. The van der Waals surface area contributed by atoms with Crippen LogP contribution in [0.2, 0.25) is 0 Å². The van der Waals surface area contributed by atoms with Crippen LogP contribution in [0.4, 0.5) is 0 Å².